The van der Waals surface area contributed by atoms with Gasteiger partial charge in [0.2, 0.25) is 0 Å². The first-order valence-corrected chi connectivity index (χ1v) is 13.7. The number of nitrogens with two attached hydrogens (primary N) is 1. The van der Waals surface area contributed by atoms with Gasteiger partial charge in [0.15, 0.2) is 5.82 Å². The van der Waals surface area contributed by atoms with Crippen molar-refractivity contribution in [1.82, 2.24) is 20.1 Å². The fourth-order valence-electron chi connectivity index (χ4n) is 5.61. The lowest BCUT2D eigenvalue weighted by atomic mass is 10.1. The molecule has 0 aromatic carbocycles. The third kappa shape index (κ3) is 7.72. The van der Waals surface area contributed by atoms with Crippen molar-refractivity contribution in [2.45, 2.75) is 57.8 Å². The van der Waals surface area contributed by atoms with Gasteiger partial charge in [0.1, 0.15) is 0 Å². The van der Waals surface area contributed by atoms with Gasteiger partial charge in [-0.1, -0.05) is 19.3 Å². The minimum Gasteiger partial charge on any atom is -0.397 e. The Kier molecular flexibility index (Phi) is 9.93. The molecular weight excluding hydrogens is 410 g/mol. The third-order valence-corrected chi connectivity index (χ3v) is 7.61. The number of unbranched alkanes of at least 4 members (excludes halogenated alkanes) is 2. The first-order valence-electron chi connectivity index (χ1n) is 13.7. The molecule has 186 valence electrons. The van der Waals surface area contributed by atoms with Gasteiger partial charge in [0.05, 0.1) is 17.6 Å². The molecule has 0 unspecified atom stereocenters. The molecule has 7 nitrogen and oxygen atoms in total. The van der Waals surface area contributed by atoms with E-state index < -0.39 is 0 Å². The van der Waals surface area contributed by atoms with Crippen LogP contribution in [0, 0.1) is 0 Å². The number of pyridine rings is 1. The summed E-state index contributed by atoms with van der Waals surface area (Å²) < 4.78 is 0. The molecule has 0 aliphatic carbocycles. The van der Waals surface area contributed by atoms with Crippen LogP contribution in [0.15, 0.2) is 12.3 Å². The Labute approximate surface area is 201 Å². The zero-order valence-corrected chi connectivity index (χ0v) is 20.8. The van der Waals surface area contributed by atoms with Crippen LogP contribution in [0.2, 0.25) is 0 Å². The molecule has 4 rings (SSSR count). The summed E-state index contributed by atoms with van der Waals surface area (Å²) in [4.78, 5) is 15.0. The Morgan fingerprint density at radius 3 is 2.09 bits per heavy atom. The predicted molar refractivity (Wildman–Crippen MR) is 140 cm³/mol. The number of rotatable bonds is 12. The van der Waals surface area contributed by atoms with E-state index in [1.165, 1.54) is 103 Å². The zero-order valence-electron chi connectivity index (χ0n) is 20.8. The molecule has 0 spiro atoms. The number of nitrogens with zero attached hydrogens (tertiary/aromatic N) is 5. The smallest absolute Gasteiger partial charge is 0.152 e. The maximum absolute atomic E-state index is 6.13. The van der Waals surface area contributed by atoms with Crippen LogP contribution in [0.4, 0.5) is 17.2 Å². The molecule has 33 heavy (non-hydrogen) atoms. The maximum atomic E-state index is 6.13. The quantitative estimate of drug-likeness (QED) is 0.468. The summed E-state index contributed by atoms with van der Waals surface area (Å²) in [5, 5.41) is 3.66. The highest BCUT2D eigenvalue weighted by Gasteiger charge is 2.23. The van der Waals surface area contributed by atoms with Gasteiger partial charge in [-0.3, -0.25) is 0 Å². The second kappa shape index (κ2) is 13.4. The van der Waals surface area contributed by atoms with Crippen molar-refractivity contribution in [3.63, 3.8) is 0 Å². The lowest BCUT2D eigenvalue weighted by Gasteiger charge is -2.38. The van der Waals surface area contributed by atoms with Crippen molar-refractivity contribution < 1.29 is 0 Å². The second-order valence-electron chi connectivity index (χ2n) is 10.2. The summed E-state index contributed by atoms with van der Waals surface area (Å²) in [6, 6.07) is 2.13. The molecule has 3 N–H and O–H groups in total. The number of hydrogen-bond donors (Lipinski definition) is 2. The summed E-state index contributed by atoms with van der Waals surface area (Å²) in [5.41, 5.74) is 8.13. The Balaban J connectivity index is 1.18. The van der Waals surface area contributed by atoms with Crippen molar-refractivity contribution >= 4 is 17.2 Å². The molecule has 0 bridgehead atoms. The molecule has 4 heterocycles. The standard InChI is InChI=1S/C26H47N7/c27-24-22-25-26(29-23-24)33(19-11-28-10-18-31-15-6-2-7-16-31)21-20-32(25)17-9-3-8-14-30-12-4-1-5-13-30/h22-23,28H,1-21,27H2. The first kappa shape index (κ1) is 24.6. The highest BCUT2D eigenvalue weighted by Crippen LogP contribution is 2.32. The number of hydrogen-bond acceptors (Lipinski definition) is 7. The van der Waals surface area contributed by atoms with E-state index in [2.05, 4.69) is 31.0 Å². The lowest BCUT2D eigenvalue weighted by Crippen LogP contribution is -2.45. The van der Waals surface area contributed by atoms with E-state index >= 15 is 0 Å². The Hall–Kier alpha value is -1.57. The zero-order chi connectivity index (χ0) is 22.7. The molecule has 7 heteroatoms. The molecule has 0 radical (unpaired) electrons. The van der Waals surface area contributed by atoms with E-state index in [9.17, 15) is 0 Å². The minimum absolute atomic E-state index is 0.769. The van der Waals surface area contributed by atoms with Crippen LogP contribution in [0.5, 0.6) is 0 Å². The average Bonchev–Trinajstić information content (AvgIpc) is 2.85. The molecular formula is C26H47N7. The molecule has 2 fully saturated rings. The summed E-state index contributed by atoms with van der Waals surface area (Å²) in [5.74, 6) is 1.11. The van der Waals surface area contributed by atoms with Crippen LogP contribution < -0.4 is 20.9 Å². The fourth-order valence-corrected chi connectivity index (χ4v) is 5.61. The van der Waals surface area contributed by atoms with Crippen molar-refractivity contribution in [3.8, 4) is 0 Å². The molecule has 0 atom stereocenters. The molecule has 1 aromatic rings. The van der Waals surface area contributed by atoms with Crippen LogP contribution in [0.1, 0.15) is 57.8 Å². The summed E-state index contributed by atoms with van der Waals surface area (Å²) in [6.45, 7) is 14.0. The Bertz CT molecular complexity index is 685. The molecule has 1 aromatic heterocycles. The normalized spacial score (nSPS) is 20.2. The Morgan fingerprint density at radius 1 is 0.697 bits per heavy atom. The maximum Gasteiger partial charge on any atom is 0.152 e. The number of nitrogen functional groups attached to an aromatic ring is 1. The molecule has 3 aliphatic heterocycles. The van der Waals surface area contributed by atoms with Gasteiger partial charge in [0, 0.05) is 45.8 Å². The first-order chi connectivity index (χ1) is 16.3. The summed E-state index contributed by atoms with van der Waals surface area (Å²) in [7, 11) is 0. The number of nitrogens with one attached hydrogen (secondary N) is 1. The second-order valence-corrected chi connectivity index (χ2v) is 10.2. The van der Waals surface area contributed by atoms with Gasteiger partial charge in [-0.05, 0) is 77.3 Å². The van der Waals surface area contributed by atoms with Gasteiger partial charge in [0.25, 0.3) is 0 Å². The van der Waals surface area contributed by atoms with Gasteiger partial charge in [-0.2, -0.15) is 0 Å². The van der Waals surface area contributed by atoms with Crippen molar-refractivity contribution in [3.05, 3.63) is 12.3 Å². The SMILES string of the molecule is Nc1cnc2c(c1)N(CCCCCN1CCCCC1)CCN2CCNCCN1CCCCC1. The van der Waals surface area contributed by atoms with Gasteiger partial charge in [-0.15, -0.1) is 0 Å². The third-order valence-electron chi connectivity index (χ3n) is 7.61. The van der Waals surface area contributed by atoms with E-state index in [4.69, 9.17) is 10.7 Å². The van der Waals surface area contributed by atoms with E-state index in [1.54, 1.807) is 0 Å². The van der Waals surface area contributed by atoms with Crippen molar-refractivity contribution in [1.29, 1.82) is 0 Å². The predicted octanol–water partition coefficient (Wildman–Crippen LogP) is 3.02. The largest absolute Gasteiger partial charge is 0.397 e. The molecule has 2 saturated heterocycles. The van der Waals surface area contributed by atoms with Crippen molar-refractivity contribution in [2.75, 3.05) is 94.1 Å². The van der Waals surface area contributed by atoms with E-state index in [1.807, 2.05) is 6.20 Å². The van der Waals surface area contributed by atoms with E-state index in [0.29, 0.717) is 0 Å². The topological polar surface area (TPSA) is 63.9 Å². The van der Waals surface area contributed by atoms with Gasteiger partial charge in [-0.25, -0.2) is 4.98 Å². The van der Waals surface area contributed by atoms with Gasteiger partial charge >= 0.3 is 0 Å². The number of fused-ring (bicyclic) bond motifs is 1. The van der Waals surface area contributed by atoms with Crippen LogP contribution in [-0.4, -0.2) is 93.3 Å². The monoisotopic (exact) mass is 457 g/mol. The highest BCUT2D eigenvalue weighted by molar-refractivity contribution is 5.72. The molecule has 0 saturated carbocycles. The molecule has 0 amide bonds. The average molecular weight is 458 g/mol. The fraction of sp³-hybridized carbons (Fsp3) is 0.808. The summed E-state index contributed by atoms with van der Waals surface area (Å²) >= 11 is 0. The van der Waals surface area contributed by atoms with Crippen LogP contribution in [0.3, 0.4) is 0 Å². The van der Waals surface area contributed by atoms with Crippen LogP contribution in [0.25, 0.3) is 0 Å². The highest BCUT2D eigenvalue weighted by atomic mass is 15.3. The summed E-state index contributed by atoms with van der Waals surface area (Å²) in [6.07, 6.45) is 14.1. The minimum atomic E-state index is 0.769. The van der Waals surface area contributed by atoms with Crippen LogP contribution in [-0.2, 0) is 0 Å². The van der Waals surface area contributed by atoms with Crippen LogP contribution >= 0.6 is 0 Å². The number of anilines is 3. The van der Waals surface area contributed by atoms with Crippen molar-refractivity contribution in [2.24, 2.45) is 0 Å². The number of aromatic nitrogens is 1. The number of piperidine rings is 2. The number of likely N-dealkylation sites (tertiary alicyclic amines) is 2. The van der Waals surface area contributed by atoms with Gasteiger partial charge < -0.3 is 30.7 Å². The molecule has 3 aliphatic rings. The Morgan fingerprint density at radius 2 is 1.33 bits per heavy atom. The van der Waals surface area contributed by atoms with E-state index in [0.717, 1.165) is 50.8 Å². The van der Waals surface area contributed by atoms with E-state index in [-0.39, 0.29) is 0 Å². The lowest BCUT2D eigenvalue weighted by molar-refractivity contribution is 0.224.